The van der Waals surface area contributed by atoms with Crippen LogP contribution in [0.3, 0.4) is 0 Å². The standard InChI is InChI=1S/C13H20ClNS/c1-13(7-3-4-8-13)11(15-2)9-10-5-6-12(14)16-10/h5-6,11,15H,3-4,7-9H2,1-2H3. The van der Waals surface area contributed by atoms with Crippen molar-refractivity contribution in [2.24, 2.45) is 5.41 Å². The van der Waals surface area contributed by atoms with Crippen molar-refractivity contribution in [1.29, 1.82) is 0 Å². The van der Waals surface area contributed by atoms with Crippen molar-refractivity contribution >= 4 is 22.9 Å². The Morgan fingerprint density at radius 3 is 2.62 bits per heavy atom. The van der Waals surface area contributed by atoms with Crippen molar-refractivity contribution < 1.29 is 0 Å². The molecule has 1 N–H and O–H groups in total. The molecule has 1 heterocycles. The molecule has 0 aromatic carbocycles. The first-order valence-corrected chi connectivity index (χ1v) is 7.25. The fourth-order valence-electron chi connectivity index (χ4n) is 2.89. The van der Waals surface area contributed by atoms with Gasteiger partial charge in [0, 0.05) is 10.9 Å². The maximum atomic E-state index is 5.98. The zero-order chi connectivity index (χ0) is 11.6. The molecule has 16 heavy (non-hydrogen) atoms. The van der Waals surface area contributed by atoms with Gasteiger partial charge in [0.2, 0.25) is 0 Å². The normalized spacial score (nSPS) is 21.2. The second-order valence-electron chi connectivity index (χ2n) is 5.11. The highest BCUT2D eigenvalue weighted by Crippen LogP contribution is 2.42. The molecular formula is C13H20ClNS. The van der Waals surface area contributed by atoms with Crippen LogP contribution in [-0.4, -0.2) is 13.1 Å². The first-order chi connectivity index (χ1) is 7.64. The Kier molecular flexibility index (Phi) is 3.93. The van der Waals surface area contributed by atoms with Crippen LogP contribution in [-0.2, 0) is 6.42 Å². The van der Waals surface area contributed by atoms with Gasteiger partial charge in [-0.1, -0.05) is 31.4 Å². The molecule has 1 fully saturated rings. The summed E-state index contributed by atoms with van der Waals surface area (Å²) in [5, 5.41) is 3.51. The Morgan fingerprint density at radius 2 is 2.12 bits per heavy atom. The SMILES string of the molecule is CNC(Cc1ccc(Cl)s1)C1(C)CCCC1. The van der Waals surface area contributed by atoms with E-state index >= 15 is 0 Å². The summed E-state index contributed by atoms with van der Waals surface area (Å²) < 4.78 is 0.904. The van der Waals surface area contributed by atoms with E-state index in [1.54, 1.807) is 11.3 Å². The summed E-state index contributed by atoms with van der Waals surface area (Å²) in [5.74, 6) is 0. The van der Waals surface area contributed by atoms with Gasteiger partial charge < -0.3 is 5.32 Å². The van der Waals surface area contributed by atoms with E-state index in [9.17, 15) is 0 Å². The highest BCUT2D eigenvalue weighted by atomic mass is 35.5. The quantitative estimate of drug-likeness (QED) is 0.856. The van der Waals surface area contributed by atoms with Gasteiger partial charge in [0.1, 0.15) is 0 Å². The van der Waals surface area contributed by atoms with Crippen LogP contribution in [0.5, 0.6) is 0 Å². The van der Waals surface area contributed by atoms with Crippen molar-refractivity contribution in [3.05, 3.63) is 21.3 Å². The molecular weight excluding hydrogens is 238 g/mol. The van der Waals surface area contributed by atoms with E-state index in [-0.39, 0.29) is 0 Å². The number of rotatable bonds is 4. The summed E-state index contributed by atoms with van der Waals surface area (Å²) >= 11 is 7.69. The van der Waals surface area contributed by atoms with Gasteiger partial charge in [-0.15, -0.1) is 11.3 Å². The zero-order valence-electron chi connectivity index (χ0n) is 10.1. The molecule has 3 heteroatoms. The summed E-state index contributed by atoms with van der Waals surface area (Å²) in [7, 11) is 2.09. The van der Waals surface area contributed by atoms with Crippen LogP contribution in [0.25, 0.3) is 0 Å². The average Bonchev–Trinajstić information content (AvgIpc) is 2.85. The Labute approximate surface area is 107 Å². The molecule has 1 saturated carbocycles. The molecule has 2 rings (SSSR count). The molecule has 0 bridgehead atoms. The summed E-state index contributed by atoms with van der Waals surface area (Å²) in [6.45, 7) is 2.43. The van der Waals surface area contributed by atoms with Gasteiger partial charge in [-0.2, -0.15) is 0 Å². The highest BCUT2D eigenvalue weighted by Gasteiger charge is 2.36. The van der Waals surface area contributed by atoms with Crippen LogP contribution in [0.4, 0.5) is 0 Å². The molecule has 0 saturated heterocycles. The number of halogens is 1. The minimum absolute atomic E-state index is 0.477. The third kappa shape index (κ3) is 2.61. The summed E-state index contributed by atoms with van der Waals surface area (Å²) in [5.41, 5.74) is 0.477. The molecule has 0 aliphatic heterocycles. The number of likely N-dealkylation sites (N-methyl/N-ethyl adjacent to an activating group) is 1. The number of hydrogen-bond acceptors (Lipinski definition) is 2. The Bertz CT molecular complexity index is 341. The second-order valence-corrected chi connectivity index (χ2v) is 6.91. The Morgan fingerprint density at radius 1 is 1.44 bits per heavy atom. The van der Waals surface area contributed by atoms with Gasteiger partial charge in [-0.3, -0.25) is 0 Å². The van der Waals surface area contributed by atoms with Crippen molar-refractivity contribution in [3.8, 4) is 0 Å². The highest BCUT2D eigenvalue weighted by molar-refractivity contribution is 7.16. The summed E-state index contributed by atoms with van der Waals surface area (Å²) in [6.07, 6.45) is 6.61. The second kappa shape index (κ2) is 5.07. The topological polar surface area (TPSA) is 12.0 Å². The molecule has 0 radical (unpaired) electrons. The largest absolute Gasteiger partial charge is 0.316 e. The fourth-order valence-corrected chi connectivity index (χ4v) is 4.02. The molecule has 90 valence electrons. The molecule has 1 aliphatic rings. The first kappa shape index (κ1) is 12.4. The van der Waals surface area contributed by atoms with Crippen LogP contribution < -0.4 is 5.32 Å². The van der Waals surface area contributed by atoms with E-state index in [1.807, 2.05) is 6.07 Å². The molecule has 0 amide bonds. The third-order valence-electron chi connectivity index (χ3n) is 3.97. The molecule has 1 unspecified atom stereocenters. The van der Waals surface area contributed by atoms with Gasteiger partial charge in [0.25, 0.3) is 0 Å². The minimum Gasteiger partial charge on any atom is -0.316 e. The lowest BCUT2D eigenvalue weighted by Gasteiger charge is -2.33. The maximum Gasteiger partial charge on any atom is 0.0931 e. The smallest absolute Gasteiger partial charge is 0.0931 e. The van der Waals surface area contributed by atoms with Crippen molar-refractivity contribution in [1.82, 2.24) is 5.32 Å². The Balaban J connectivity index is 2.05. The van der Waals surface area contributed by atoms with Gasteiger partial charge in [-0.25, -0.2) is 0 Å². The molecule has 1 atom stereocenters. The van der Waals surface area contributed by atoms with Crippen molar-refractivity contribution in [3.63, 3.8) is 0 Å². The fraction of sp³-hybridized carbons (Fsp3) is 0.692. The van der Waals surface area contributed by atoms with Crippen LogP contribution in [0.1, 0.15) is 37.5 Å². The van der Waals surface area contributed by atoms with E-state index < -0.39 is 0 Å². The van der Waals surface area contributed by atoms with Gasteiger partial charge in [0.05, 0.1) is 4.34 Å². The third-order valence-corrected chi connectivity index (χ3v) is 5.22. The molecule has 1 aromatic heterocycles. The maximum absolute atomic E-state index is 5.98. The predicted molar refractivity (Wildman–Crippen MR) is 72.5 cm³/mol. The zero-order valence-corrected chi connectivity index (χ0v) is 11.6. The van der Waals surface area contributed by atoms with Crippen LogP contribution in [0.2, 0.25) is 4.34 Å². The van der Waals surface area contributed by atoms with Gasteiger partial charge in [0.15, 0.2) is 0 Å². The molecule has 1 aliphatic carbocycles. The van der Waals surface area contributed by atoms with Crippen LogP contribution in [0.15, 0.2) is 12.1 Å². The predicted octanol–water partition coefficient (Wildman–Crippen LogP) is 4.11. The lowest BCUT2D eigenvalue weighted by atomic mass is 9.79. The van der Waals surface area contributed by atoms with Gasteiger partial charge >= 0.3 is 0 Å². The number of nitrogens with one attached hydrogen (secondary N) is 1. The number of hydrogen-bond donors (Lipinski definition) is 1. The Hall–Kier alpha value is -0.0500. The van der Waals surface area contributed by atoms with E-state index in [1.165, 1.54) is 30.6 Å². The average molecular weight is 258 g/mol. The van der Waals surface area contributed by atoms with Gasteiger partial charge in [-0.05, 0) is 43.9 Å². The lowest BCUT2D eigenvalue weighted by molar-refractivity contribution is 0.230. The van der Waals surface area contributed by atoms with Crippen LogP contribution in [0, 0.1) is 5.41 Å². The summed E-state index contributed by atoms with van der Waals surface area (Å²) in [6, 6.07) is 4.76. The van der Waals surface area contributed by atoms with Crippen LogP contribution >= 0.6 is 22.9 Å². The molecule has 1 aromatic rings. The van der Waals surface area contributed by atoms with E-state index in [0.29, 0.717) is 11.5 Å². The number of thiophene rings is 1. The first-order valence-electron chi connectivity index (χ1n) is 6.05. The van der Waals surface area contributed by atoms with Crippen molar-refractivity contribution in [2.75, 3.05) is 7.05 Å². The van der Waals surface area contributed by atoms with E-state index in [0.717, 1.165) is 10.8 Å². The van der Waals surface area contributed by atoms with Crippen molar-refractivity contribution in [2.45, 2.75) is 45.1 Å². The summed E-state index contributed by atoms with van der Waals surface area (Å²) in [4.78, 5) is 1.40. The lowest BCUT2D eigenvalue weighted by Crippen LogP contribution is -2.41. The molecule has 1 nitrogen and oxygen atoms in total. The minimum atomic E-state index is 0.477. The molecule has 0 spiro atoms. The van der Waals surface area contributed by atoms with E-state index in [4.69, 9.17) is 11.6 Å². The van der Waals surface area contributed by atoms with E-state index in [2.05, 4.69) is 25.4 Å². The monoisotopic (exact) mass is 257 g/mol.